The number of carbonyl (C=O) groups is 2. The van der Waals surface area contributed by atoms with Gasteiger partial charge >= 0.3 is 0 Å². The Morgan fingerprint density at radius 1 is 1.09 bits per heavy atom. The van der Waals surface area contributed by atoms with Gasteiger partial charge in [0.2, 0.25) is 5.91 Å². The van der Waals surface area contributed by atoms with E-state index in [1.807, 2.05) is 0 Å². The van der Waals surface area contributed by atoms with Gasteiger partial charge in [0, 0.05) is 22.7 Å². The zero-order chi connectivity index (χ0) is 24.7. The molecule has 0 bridgehead atoms. The number of anilines is 1. The maximum Gasteiger partial charge on any atom is 0.241 e. The number of halogens is 1. The first-order valence-electron chi connectivity index (χ1n) is 11.1. The summed E-state index contributed by atoms with van der Waals surface area (Å²) < 4.78 is 19.3. The predicted octanol–water partition coefficient (Wildman–Crippen LogP) is 4.08. The Labute approximate surface area is 202 Å². The number of nitriles is 1. The zero-order valence-electron chi connectivity index (χ0n) is 18.9. The molecule has 0 unspecified atom stereocenters. The molecule has 0 radical (unpaired) electrons. The minimum atomic E-state index is -1.76. The lowest BCUT2D eigenvalue weighted by atomic mass is 9.67. The van der Waals surface area contributed by atoms with Crippen molar-refractivity contribution in [3.63, 3.8) is 0 Å². The minimum Gasteiger partial charge on any atom is -0.497 e. The molecule has 6 nitrogen and oxygen atoms in total. The summed E-state index contributed by atoms with van der Waals surface area (Å²) in [6.07, 6.45) is 3.35. The molecule has 174 valence electrons. The van der Waals surface area contributed by atoms with Crippen molar-refractivity contribution in [2.75, 3.05) is 12.0 Å². The second kappa shape index (κ2) is 8.41. The molecule has 1 saturated heterocycles. The number of rotatable bonds is 5. The molecule has 0 saturated carbocycles. The number of benzene rings is 3. The van der Waals surface area contributed by atoms with E-state index < -0.39 is 35.1 Å². The van der Waals surface area contributed by atoms with E-state index in [1.54, 1.807) is 77.7 Å². The van der Waals surface area contributed by atoms with Crippen molar-refractivity contribution in [3.05, 3.63) is 101 Å². The standard InChI is InChI=1S/C28H22FN3O3/c1-35-21-11-7-17(8-12-21)24-25(26(33)18-5-3-2-4-6-18)32-22-13-10-20(29)15-19(22)9-14-23(32)28(24,16-30)27(31)34/h2-15,23-25H,1H3,(H2,31,34)/t23-,24+,25+,28-/m1/s1. The van der Waals surface area contributed by atoms with Crippen LogP contribution in [-0.2, 0) is 4.79 Å². The highest BCUT2D eigenvalue weighted by atomic mass is 19.1. The fourth-order valence-electron chi connectivity index (χ4n) is 5.42. The number of hydrogen-bond acceptors (Lipinski definition) is 5. The number of carbonyl (C=O) groups excluding carboxylic acids is 2. The van der Waals surface area contributed by atoms with Gasteiger partial charge in [-0.1, -0.05) is 54.6 Å². The molecule has 3 aromatic carbocycles. The van der Waals surface area contributed by atoms with E-state index in [0.717, 1.165) is 0 Å². The monoisotopic (exact) mass is 467 g/mol. The van der Waals surface area contributed by atoms with Gasteiger partial charge in [-0.3, -0.25) is 9.59 Å². The number of ketones is 1. The minimum absolute atomic E-state index is 0.264. The average Bonchev–Trinajstić information content (AvgIpc) is 3.20. The maximum atomic E-state index is 14.1. The first-order valence-corrected chi connectivity index (χ1v) is 11.1. The van der Waals surface area contributed by atoms with E-state index in [2.05, 4.69) is 6.07 Å². The third kappa shape index (κ3) is 3.29. The highest BCUT2D eigenvalue weighted by Gasteiger charge is 2.65. The van der Waals surface area contributed by atoms with Crippen molar-refractivity contribution >= 4 is 23.5 Å². The molecule has 4 atom stereocenters. The van der Waals surface area contributed by atoms with Gasteiger partial charge in [0.1, 0.15) is 17.6 Å². The summed E-state index contributed by atoms with van der Waals surface area (Å²) in [5.41, 5.74) is 6.36. The van der Waals surface area contributed by atoms with Gasteiger partial charge in [0.15, 0.2) is 11.2 Å². The van der Waals surface area contributed by atoms with Crippen molar-refractivity contribution in [3.8, 4) is 11.8 Å². The van der Waals surface area contributed by atoms with Gasteiger partial charge in [-0.2, -0.15) is 5.26 Å². The molecule has 0 aromatic heterocycles. The van der Waals surface area contributed by atoms with Crippen LogP contribution in [0.4, 0.5) is 10.1 Å². The lowest BCUT2D eigenvalue weighted by Crippen LogP contribution is -2.49. The number of primary amides is 1. The molecule has 3 aromatic rings. The van der Waals surface area contributed by atoms with Crippen LogP contribution in [0, 0.1) is 22.6 Å². The molecule has 5 rings (SSSR count). The topological polar surface area (TPSA) is 96.4 Å². The second-order valence-electron chi connectivity index (χ2n) is 8.69. The number of fused-ring (bicyclic) bond motifs is 3. The van der Waals surface area contributed by atoms with Crippen molar-refractivity contribution in [2.24, 2.45) is 11.1 Å². The summed E-state index contributed by atoms with van der Waals surface area (Å²) in [5.74, 6) is -1.81. The largest absolute Gasteiger partial charge is 0.497 e. The quantitative estimate of drug-likeness (QED) is 0.571. The van der Waals surface area contributed by atoms with Crippen molar-refractivity contribution in [2.45, 2.75) is 18.0 Å². The normalized spacial score (nSPS) is 24.3. The van der Waals surface area contributed by atoms with E-state index in [-0.39, 0.29) is 5.78 Å². The molecule has 0 aliphatic carbocycles. The fourth-order valence-corrected chi connectivity index (χ4v) is 5.42. The summed E-state index contributed by atoms with van der Waals surface area (Å²) in [6.45, 7) is 0. The van der Waals surface area contributed by atoms with Gasteiger partial charge in [-0.25, -0.2) is 4.39 Å². The van der Waals surface area contributed by atoms with Crippen LogP contribution in [0.2, 0.25) is 0 Å². The van der Waals surface area contributed by atoms with Crippen LogP contribution in [0.3, 0.4) is 0 Å². The fraction of sp³-hybridized carbons (Fsp3) is 0.179. The second-order valence-corrected chi connectivity index (χ2v) is 8.69. The van der Waals surface area contributed by atoms with E-state index in [0.29, 0.717) is 28.1 Å². The Morgan fingerprint density at radius 2 is 1.80 bits per heavy atom. The number of nitrogens with two attached hydrogens (primary N) is 1. The van der Waals surface area contributed by atoms with E-state index in [9.17, 15) is 19.2 Å². The summed E-state index contributed by atoms with van der Waals surface area (Å²) in [6, 6.07) is 20.3. The summed E-state index contributed by atoms with van der Waals surface area (Å²) >= 11 is 0. The average molecular weight is 468 g/mol. The third-order valence-electron chi connectivity index (χ3n) is 6.99. The van der Waals surface area contributed by atoms with Crippen LogP contribution in [-0.4, -0.2) is 30.9 Å². The van der Waals surface area contributed by atoms with E-state index >= 15 is 0 Å². The number of hydrogen-bond donors (Lipinski definition) is 1. The number of Topliss-reactive ketones (excluding diaryl/α,β-unsaturated/α-hetero) is 1. The Hall–Kier alpha value is -4.44. The van der Waals surface area contributed by atoms with Crippen LogP contribution in [0.1, 0.15) is 27.4 Å². The Kier molecular flexibility index (Phi) is 5.37. The summed E-state index contributed by atoms with van der Waals surface area (Å²) in [7, 11) is 1.54. The van der Waals surface area contributed by atoms with E-state index in [1.165, 1.54) is 19.2 Å². The molecular weight excluding hydrogens is 445 g/mol. The molecule has 2 aliphatic heterocycles. The van der Waals surface area contributed by atoms with Crippen molar-refractivity contribution in [1.29, 1.82) is 5.26 Å². The van der Waals surface area contributed by atoms with Crippen LogP contribution in [0.5, 0.6) is 5.75 Å². The highest BCUT2D eigenvalue weighted by Crippen LogP contribution is 2.55. The molecule has 2 N–H and O–H groups in total. The molecule has 0 spiro atoms. The van der Waals surface area contributed by atoms with Gasteiger partial charge in [-0.05, 0) is 35.9 Å². The summed E-state index contributed by atoms with van der Waals surface area (Å²) in [4.78, 5) is 29.0. The molecule has 7 heteroatoms. The molecule has 1 fully saturated rings. The highest BCUT2D eigenvalue weighted by molar-refractivity contribution is 6.06. The number of amides is 1. The Bertz CT molecular complexity index is 1380. The third-order valence-corrected chi connectivity index (χ3v) is 6.99. The summed E-state index contributed by atoms with van der Waals surface area (Å²) in [5, 5.41) is 10.5. The molecule has 35 heavy (non-hydrogen) atoms. The Morgan fingerprint density at radius 3 is 2.43 bits per heavy atom. The van der Waals surface area contributed by atoms with Gasteiger partial charge in [-0.15, -0.1) is 0 Å². The molecule has 2 aliphatic rings. The number of methoxy groups -OCH3 is 1. The lowest BCUT2D eigenvalue weighted by molar-refractivity contribution is -0.125. The van der Waals surface area contributed by atoms with Gasteiger partial charge in [0.05, 0.1) is 19.2 Å². The maximum absolute atomic E-state index is 14.1. The van der Waals surface area contributed by atoms with Crippen molar-refractivity contribution < 1.29 is 18.7 Å². The van der Waals surface area contributed by atoms with Gasteiger partial charge < -0.3 is 15.4 Å². The zero-order valence-corrected chi connectivity index (χ0v) is 18.9. The predicted molar refractivity (Wildman–Crippen MR) is 129 cm³/mol. The number of nitrogens with zero attached hydrogens (tertiary/aromatic N) is 2. The van der Waals surface area contributed by atoms with Crippen LogP contribution in [0.25, 0.3) is 6.08 Å². The molecule has 2 heterocycles. The smallest absolute Gasteiger partial charge is 0.241 e. The van der Waals surface area contributed by atoms with Crippen molar-refractivity contribution in [1.82, 2.24) is 0 Å². The molecular formula is C28H22FN3O3. The first-order chi connectivity index (χ1) is 16.9. The van der Waals surface area contributed by atoms with Gasteiger partial charge in [0.25, 0.3) is 0 Å². The van der Waals surface area contributed by atoms with E-state index in [4.69, 9.17) is 10.5 Å². The van der Waals surface area contributed by atoms with Crippen LogP contribution in [0.15, 0.2) is 78.9 Å². The lowest BCUT2D eigenvalue weighted by Gasteiger charge is -2.36. The SMILES string of the molecule is COc1ccc([C@H]2[C@@H](C(=O)c3ccccc3)N3c4ccc(F)cc4C=C[C@@H]3[C@@]2(C#N)C(N)=O)cc1. The van der Waals surface area contributed by atoms with Crippen LogP contribution < -0.4 is 15.4 Å². The Balaban J connectivity index is 1.80. The molecule has 1 amide bonds. The first kappa shape index (κ1) is 22.4. The number of ether oxygens (including phenoxy) is 1. The van der Waals surface area contributed by atoms with Crippen LogP contribution >= 0.6 is 0 Å².